The highest BCUT2D eigenvalue weighted by Gasteiger charge is 2.18. The summed E-state index contributed by atoms with van der Waals surface area (Å²) in [4.78, 5) is 23.0. The third-order valence-corrected chi connectivity index (χ3v) is 2.75. The molecule has 1 aromatic rings. The summed E-state index contributed by atoms with van der Waals surface area (Å²) in [5.41, 5.74) is 5.83. The molecule has 0 saturated heterocycles. The number of likely N-dealkylation sites (N-methyl/N-ethyl adjacent to an activating group) is 1. The average Bonchev–Trinajstić information content (AvgIpc) is 2.48. The first-order chi connectivity index (χ1) is 6.04. The van der Waals surface area contributed by atoms with Gasteiger partial charge in [-0.05, 0) is 23.9 Å². The Labute approximate surface area is 80.0 Å². The summed E-state index contributed by atoms with van der Waals surface area (Å²) in [7, 11) is 1.53. The van der Waals surface area contributed by atoms with Crippen molar-refractivity contribution in [1.82, 2.24) is 0 Å². The van der Waals surface area contributed by atoms with Gasteiger partial charge in [0.2, 0.25) is 0 Å². The van der Waals surface area contributed by atoms with Crippen LogP contribution in [0.2, 0.25) is 0 Å². The molecule has 0 aromatic carbocycles. The number of amides is 2. The van der Waals surface area contributed by atoms with Gasteiger partial charge in [0.25, 0.3) is 0 Å². The van der Waals surface area contributed by atoms with E-state index in [2.05, 4.69) is 0 Å². The van der Waals surface area contributed by atoms with Crippen molar-refractivity contribution >= 4 is 28.2 Å². The molecular weight excluding hydrogens is 188 g/mol. The maximum Gasteiger partial charge on any atom is 0.316 e. The molecule has 0 fully saturated rings. The Balaban J connectivity index is 2.91. The minimum absolute atomic E-state index is 0.689. The molecule has 0 aliphatic heterocycles. The molecule has 0 aliphatic carbocycles. The fraction of sp³-hybridized carbons (Fsp3) is 0.250. The predicted molar refractivity (Wildman–Crippen MR) is 51.7 cm³/mol. The van der Waals surface area contributed by atoms with Crippen LogP contribution in [0, 0.1) is 6.92 Å². The molecule has 1 rings (SSSR count). The van der Waals surface area contributed by atoms with Crippen LogP contribution < -0.4 is 10.6 Å². The second-order valence-electron chi connectivity index (χ2n) is 2.64. The molecule has 0 saturated carbocycles. The van der Waals surface area contributed by atoms with Crippen molar-refractivity contribution in [2.24, 2.45) is 5.73 Å². The fourth-order valence-electron chi connectivity index (χ4n) is 0.966. The lowest BCUT2D eigenvalue weighted by atomic mass is 10.3. The zero-order valence-electron chi connectivity index (χ0n) is 7.40. The van der Waals surface area contributed by atoms with E-state index >= 15 is 0 Å². The smallest absolute Gasteiger partial charge is 0.316 e. The lowest BCUT2D eigenvalue weighted by Crippen LogP contribution is -2.37. The van der Waals surface area contributed by atoms with E-state index in [1.54, 1.807) is 0 Å². The number of aryl methyl sites for hydroxylation is 1. The highest BCUT2D eigenvalue weighted by molar-refractivity contribution is 7.14. The number of thiophene rings is 1. The summed E-state index contributed by atoms with van der Waals surface area (Å²) in [6, 6.07) is 1.88. The van der Waals surface area contributed by atoms with Gasteiger partial charge < -0.3 is 5.73 Å². The second-order valence-corrected chi connectivity index (χ2v) is 3.53. The van der Waals surface area contributed by atoms with Gasteiger partial charge in [0, 0.05) is 7.05 Å². The first kappa shape index (κ1) is 9.73. The van der Waals surface area contributed by atoms with Gasteiger partial charge in [-0.3, -0.25) is 14.5 Å². The van der Waals surface area contributed by atoms with Crippen LogP contribution in [0.1, 0.15) is 5.56 Å². The number of hydrogen-bond donors (Lipinski definition) is 1. The van der Waals surface area contributed by atoms with Gasteiger partial charge in [-0.2, -0.15) is 0 Å². The van der Waals surface area contributed by atoms with Crippen LogP contribution in [0.4, 0.5) is 5.00 Å². The van der Waals surface area contributed by atoms with Crippen molar-refractivity contribution in [2.75, 3.05) is 11.9 Å². The Kier molecular flexibility index (Phi) is 2.67. The molecule has 0 bridgehead atoms. The van der Waals surface area contributed by atoms with Gasteiger partial charge in [-0.25, -0.2) is 0 Å². The fourth-order valence-corrected chi connectivity index (χ4v) is 1.86. The van der Waals surface area contributed by atoms with Crippen LogP contribution in [0.15, 0.2) is 11.4 Å². The molecule has 0 spiro atoms. The van der Waals surface area contributed by atoms with Crippen molar-refractivity contribution in [3.63, 3.8) is 0 Å². The molecule has 1 aromatic heterocycles. The number of nitrogens with two attached hydrogens (primary N) is 1. The molecule has 4 nitrogen and oxygen atoms in total. The largest absolute Gasteiger partial charge is 0.361 e. The molecule has 0 aliphatic rings. The number of anilines is 1. The van der Waals surface area contributed by atoms with E-state index in [0.29, 0.717) is 0 Å². The van der Waals surface area contributed by atoms with Crippen molar-refractivity contribution in [1.29, 1.82) is 0 Å². The number of hydrogen-bond acceptors (Lipinski definition) is 3. The first-order valence-corrected chi connectivity index (χ1v) is 4.53. The summed E-state index contributed by atoms with van der Waals surface area (Å²) in [6.45, 7) is 1.87. The van der Waals surface area contributed by atoms with Gasteiger partial charge >= 0.3 is 11.8 Å². The highest BCUT2D eigenvalue weighted by Crippen LogP contribution is 2.25. The van der Waals surface area contributed by atoms with Crippen molar-refractivity contribution in [2.45, 2.75) is 6.92 Å². The predicted octanol–water partition coefficient (Wildman–Crippen LogP) is 0.505. The van der Waals surface area contributed by atoms with E-state index in [1.165, 1.54) is 23.3 Å². The van der Waals surface area contributed by atoms with Crippen LogP contribution in [0.5, 0.6) is 0 Å². The zero-order chi connectivity index (χ0) is 10.0. The number of rotatable bonds is 1. The summed E-state index contributed by atoms with van der Waals surface area (Å²) >= 11 is 1.40. The van der Waals surface area contributed by atoms with Gasteiger partial charge in [0.1, 0.15) is 5.00 Å². The Morgan fingerprint density at radius 1 is 1.54 bits per heavy atom. The van der Waals surface area contributed by atoms with Crippen LogP contribution >= 0.6 is 11.3 Å². The monoisotopic (exact) mass is 198 g/mol. The Bertz CT molecular complexity index is 346. The van der Waals surface area contributed by atoms with E-state index in [-0.39, 0.29) is 0 Å². The molecular formula is C8H10N2O2S. The maximum absolute atomic E-state index is 11.2. The normalized spacial score (nSPS) is 9.69. The Hall–Kier alpha value is -1.36. The van der Waals surface area contributed by atoms with Crippen molar-refractivity contribution in [3.05, 3.63) is 17.0 Å². The molecule has 70 valence electrons. The van der Waals surface area contributed by atoms with Crippen LogP contribution in [-0.2, 0) is 9.59 Å². The topological polar surface area (TPSA) is 63.4 Å². The molecule has 2 N–H and O–H groups in total. The zero-order valence-corrected chi connectivity index (χ0v) is 8.22. The molecule has 5 heteroatoms. The lowest BCUT2D eigenvalue weighted by molar-refractivity contribution is -0.135. The average molecular weight is 198 g/mol. The summed E-state index contributed by atoms with van der Waals surface area (Å²) in [5.74, 6) is -1.62. The molecule has 0 atom stereocenters. The summed E-state index contributed by atoms with van der Waals surface area (Å²) in [6.07, 6.45) is 0. The van der Waals surface area contributed by atoms with Crippen molar-refractivity contribution < 1.29 is 9.59 Å². The van der Waals surface area contributed by atoms with Crippen LogP contribution in [0.25, 0.3) is 0 Å². The summed E-state index contributed by atoms with van der Waals surface area (Å²) in [5, 5.41) is 2.61. The summed E-state index contributed by atoms with van der Waals surface area (Å²) < 4.78 is 0. The van der Waals surface area contributed by atoms with E-state index in [9.17, 15) is 9.59 Å². The van der Waals surface area contributed by atoms with E-state index in [4.69, 9.17) is 5.73 Å². The van der Waals surface area contributed by atoms with Crippen LogP contribution in [0.3, 0.4) is 0 Å². The SMILES string of the molecule is Cc1ccsc1N(C)C(=O)C(N)=O. The van der Waals surface area contributed by atoms with Crippen LogP contribution in [-0.4, -0.2) is 18.9 Å². The minimum atomic E-state index is -0.935. The quantitative estimate of drug-likeness (QED) is 0.668. The number of nitrogens with zero attached hydrogens (tertiary/aromatic N) is 1. The van der Waals surface area contributed by atoms with Gasteiger partial charge in [0.05, 0.1) is 0 Å². The highest BCUT2D eigenvalue weighted by atomic mass is 32.1. The van der Waals surface area contributed by atoms with E-state index in [0.717, 1.165) is 10.6 Å². The molecule has 0 radical (unpaired) electrons. The second kappa shape index (κ2) is 3.57. The van der Waals surface area contributed by atoms with E-state index in [1.807, 2.05) is 18.4 Å². The maximum atomic E-state index is 11.2. The number of primary amides is 1. The van der Waals surface area contributed by atoms with E-state index < -0.39 is 11.8 Å². The van der Waals surface area contributed by atoms with Crippen molar-refractivity contribution in [3.8, 4) is 0 Å². The minimum Gasteiger partial charge on any atom is -0.361 e. The Morgan fingerprint density at radius 3 is 2.54 bits per heavy atom. The lowest BCUT2D eigenvalue weighted by Gasteiger charge is -2.13. The third kappa shape index (κ3) is 1.86. The number of carbonyl (C=O) groups excluding carboxylic acids is 2. The standard InChI is InChI=1S/C8H10N2O2S/c1-5-3-4-13-8(5)10(2)7(12)6(9)11/h3-4H,1-2H3,(H2,9,11). The van der Waals surface area contributed by atoms with Gasteiger partial charge in [-0.15, -0.1) is 11.3 Å². The Morgan fingerprint density at radius 2 is 2.15 bits per heavy atom. The van der Waals surface area contributed by atoms with Gasteiger partial charge in [-0.1, -0.05) is 0 Å². The molecule has 2 amide bonds. The first-order valence-electron chi connectivity index (χ1n) is 3.65. The molecule has 13 heavy (non-hydrogen) atoms. The van der Waals surface area contributed by atoms with Gasteiger partial charge in [0.15, 0.2) is 0 Å². The molecule has 1 heterocycles. The third-order valence-electron chi connectivity index (χ3n) is 1.66. The molecule has 0 unspecified atom stereocenters. The number of carbonyl (C=O) groups is 2.